The van der Waals surface area contributed by atoms with Crippen molar-refractivity contribution in [2.45, 2.75) is 36.9 Å². The first-order valence-electron chi connectivity index (χ1n) is 5.90. The predicted octanol–water partition coefficient (Wildman–Crippen LogP) is 1.42. The standard InChI is InChI=1S/C10H14F3NO3S2/c11-10(12,13)18-5-9(15)14(7-1-2-7)8-3-4-19(16,17)6-8/h7-8H,1-6H2/t8-/m0/s1. The summed E-state index contributed by atoms with van der Waals surface area (Å²) in [6.45, 7) is 0. The molecule has 1 aliphatic heterocycles. The smallest absolute Gasteiger partial charge is 0.335 e. The molecule has 2 rings (SSSR count). The highest BCUT2D eigenvalue weighted by molar-refractivity contribution is 8.00. The number of rotatable bonds is 4. The van der Waals surface area contributed by atoms with Gasteiger partial charge in [-0.2, -0.15) is 13.2 Å². The van der Waals surface area contributed by atoms with E-state index in [1.165, 1.54) is 4.90 Å². The van der Waals surface area contributed by atoms with Crippen LogP contribution in [0.2, 0.25) is 0 Å². The van der Waals surface area contributed by atoms with Crippen LogP contribution in [-0.4, -0.2) is 54.1 Å². The lowest BCUT2D eigenvalue weighted by molar-refractivity contribution is -0.131. The number of thioether (sulfide) groups is 1. The van der Waals surface area contributed by atoms with Crippen molar-refractivity contribution in [1.29, 1.82) is 0 Å². The van der Waals surface area contributed by atoms with E-state index in [1.807, 2.05) is 0 Å². The van der Waals surface area contributed by atoms with Crippen molar-refractivity contribution in [1.82, 2.24) is 4.90 Å². The van der Waals surface area contributed by atoms with Gasteiger partial charge in [0.05, 0.1) is 17.3 Å². The van der Waals surface area contributed by atoms with E-state index in [-0.39, 0.29) is 29.3 Å². The van der Waals surface area contributed by atoms with Gasteiger partial charge in [0.1, 0.15) is 0 Å². The van der Waals surface area contributed by atoms with Crippen molar-refractivity contribution >= 4 is 27.5 Å². The number of carbonyl (C=O) groups is 1. The van der Waals surface area contributed by atoms with E-state index >= 15 is 0 Å². The second-order valence-corrected chi connectivity index (χ2v) is 8.09. The molecule has 0 aromatic carbocycles. The van der Waals surface area contributed by atoms with Gasteiger partial charge < -0.3 is 4.90 Å². The van der Waals surface area contributed by atoms with Crippen LogP contribution >= 0.6 is 11.8 Å². The van der Waals surface area contributed by atoms with Crippen molar-refractivity contribution < 1.29 is 26.4 Å². The predicted molar refractivity (Wildman–Crippen MR) is 65.4 cm³/mol. The quantitative estimate of drug-likeness (QED) is 0.787. The lowest BCUT2D eigenvalue weighted by Crippen LogP contribution is -2.44. The Morgan fingerprint density at radius 2 is 1.84 bits per heavy atom. The number of sulfone groups is 1. The molecular weight excluding hydrogens is 303 g/mol. The summed E-state index contributed by atoms with van der Waals surface area (Å²) in [7, 11) is -3.15. The molecule has 0 bridgehead atoms. The molecule has 1 aliphatic carbocycles. The zero-order valence-electron chi connectivity index (χ0n) is 10.0. The highest BCUT2D eigenvalue weighted by Crippen LogP contribution is 2.35. The molecule has 4 nitrogen and oxygen atoms in total. The van der Waals surface area contributed by atoms with Crippen molar-refractivity contribution in [3.63, 3.8) is 0 Å². The third-order valence-corrected chi connectivity index (χ3v) is 5.66. The molecule has 1 heterocycles. The fraction of sp³-hybridized carbons (Fsp3) is 0.900. The molecule has 0 aromatic rings. The Kier molecular flexibility index (Phi) is 4.06. The van der Waals surface area contributed by atoms with Crippen LogP contribution in [0.1, 0.15) is 19.3 Å². The lowest BCUT2D eigenvalue weighted by Gasteiger charge is -2.28. The average Bonchev–Trinajstić information content (AvgIpc) is 3.00. The van der Waals surface area contributed by atoms with Crippen LogP contribution in [0.5, 0.6) is 0 Å². The molecule has 2 aliphatic rings. The minimum absolute atomic E-state index is 0.0145. The van der Waals surface area contributed by atoms with E-state index in [9.17, 15) is 26.4 Å². The SMILES string of the molecule is O=C(CSC(F)(F)F)N(C1CC1)[C@H]1CCS(=O)(=O)C1. The van der Waals surface area contributed by atoms with E-state index in [0.29, 0.717) is 6.42 Å². The molecule has 0 unspecified atom stereocenters. The Labute approximate surface area is 113 Å². The second-order valence-electron chi connectivity index (χ2n) is 4.82. The van der Waals surface area contributed by atoms with Crippen LogP contribution in [-0.2, 0) is 14.6 Å². The van der Waals surface area contributed by atoms with E-state index in [1.54, 1.807) is 0 Å². The van der Waals surface area contributed by atoms with Crippen molar-refractivity contribution in [3.05, 3.63) is 0 Å². The van der Waals surface area contributed by atoms with Gasteiger partial charge in [0.15, 0.2) is 9.84 Å². The Morgan fingerprint density at radius 1 is 1.21 bits per heavy atom. The van der Waals surface area contributed by atoms with Gasteiger partial charge in [0, 0.05) is 12.1 Å². The summed E-state index contributed by atoms with van der Waals surface area (Å²) in [5.41, 5.74) is -4.44. The fourth-order valence-corrected chi connectivity index (χ4v) is 4.42. The molecule has 0 aromatic heterocycles. The molecule has 0 N–H and O–H groups in total. The summed E-state index contributed by atoms with van der Waals surface area (Å²) in [5.74, 6) is -1.38. The number of hydrogen-bond acceptors (Lipinski definition) is 4. The maximum absolute atomic E-state index is 12.1. The molecule has 19 heavy (non-hydrogen) atoms. The minimum atomic E-state index is -4.44. The maximum atomic E-state index is 12.1. The molecular formula is C10H14F3NO3S2. The van der Waals surface area contributed by atoms with Crippen molar-refractivity contribution in [3.8, 4) is 0 Å². The zero-order chi connectivity index (χ0) is 14.3. The molecule has 1 atom stereocenters. The van der Waals surface area contributed by atoms with Gasteiger partial charge in [-0.25, -0.2) is 8.42 Å². The van der Waals surface area contributed by atoms with Crippen LogP contribution in [0.15, 0.2) is 0 Å². The Bertz CT molecular complexity index is 459. The zero-order valence-corrected chi connectivity index (χ0v) is 11.7. The molecule has 110 valence electrons. The van der Waals surface area contributed by atoms with Gasteiger partial charge in [-0.15, -0.1) is 0 Å². The highest BCUT2D eigenvalue weighted by Gasteiger charge is 2.42. The van der Waals surface area contributed by atoms with Crippen LogP contribution in [0.3, 0.4) is 0 Å². The summed E-state index contributed by atoms with van der Waals surface area (Å²) in [6, 6.07) is -0.515. The summed E-state index contributed by atoms with van der Waals surface area (Å²) >= 11 is -0.367. The normalized spacial score (nSPS) is 26.4. The molecule has 2 fully saturated rings. The fourth-order valence-electron chi connectivity index (χ4n) is 2.27. The minimum Gasteiger partial charge on any atom is -0.335 e. The van der Waals surface area contributed by atoms with Crippen LogP contribution in [0.25, 0.3) is 0 Å². The lowest BCUT2D eigenvalue weighted by atomic mass is 10.2. The first-order valence-corrected chi connectivity index (χ1v) is 8.71. The van der Waals surface area contributed by atoms with Crippen molar-refractivity contribution in [2.24, 2.45) is 0 Å². The molecule has 0 spiro atoms. The largest absolute Gasteiger partial charge is 0.442 e. The molecule has 1 saturated carbocycles. The first-order chi connectivity index (χ1) is 8.68. The molecule has 1 saturated heterocycles. The number of amides is 1. The summed E-state index contributed by atoms with van der Waals surface area (Å²) in [6.07, 6.45) is 1.83. The highest BCUT2D eigenvalue weighted by atomic mass is 32.2. The first kappa shape index (κ1) is 15.0. The van der Waals surface area contributed by atoms with Gasteiger partial charge in [0.2, 0.25) is 5.91 Å². The van der Waals surface area contributed by atoms with Gasteiger partial charge in [-0.3, -0.25) is 4.79 Å². The molecule has 0 radical (unpaired) electrons. The number of alkyl halides is 3. The third kappa shape index (κ3) is 4.27. The summed E-state index contributed by atoms with van der Waals surface area (Å²) in [5, 5.41) is 0. The Hall–Kier alpha value is -0.440. The monoisotopic (exact) mass is 317 g/mol. The summed E-state index contributed by atoms with van der Waals surface area (Å²) < 4.78 is 59.1. The Balaban J connectivity index is 1.99. The topological polar surface area (TPSA) is 54.5 Å². The van der Waals surface area contributed by atoms with E-state index < -0.39 is 33.0 Å². The average molecular weight is 317 g/mol. The third-order valence-electron chi connectivity index (χ3n) is 3.19. The van der Waals surface area contributed by atoms with Gasteiger partial charge >= 0.3 is 5.51 Å². The van der Waals surface area contributed by atoms with E-state index in [4.69, 9.17) is 0 Å². The van der Waals surface area contributed by atoms with E-state index in [0.717, 1.165) is 12.8 Å². The van der Waals surface area contributed by atoms with Gasteiger partial charge in [-0.1, -0.05) is 0 Å². The number of nitrogens with zero attached hydrogens (tertiary/aromatic N) is 1. The van der Waals surface area contributed by atoms with Gasteiger partial charge in [0.25, 0.3) is 0 Å². The van der Waals surface area contributed by atoms with Crippen LogP contribution in [0, 0.1) is 0 Å². The number of hydrogen-bond donors (Lipinski definition) is 0. The number of halogens is 3. The van der Waals surface area contributed by atoms with Gasteiger partial charge in [-0.05, 0) is 31.0 Å². The van der Waals surface area contributed by atoms with Crippen LogP contribution in [0.4, 0.5) is 13.2 Å². The molecule has 1 amide bonds. The van der Waals surface area contributed by atoms with Crippen LogP contribution < -0.4 is 0 Å². The maximum Gasteiger partial charge on any atom is 0.442 e. The number of carbonyl (C=O) groups excluding carboxylic acids is 1. The van der Waals surface area contributed by atoms with Crippen molar-refractivity contribution in [2.75, 3.05) is 17.3 Å². The summed E-state index contributed by atoms with van der Waals surface area (Å²) in [4.78, 5) is 13.3. The molecule has 9 heteroatoms. The Morgan fingerprint density at radius 3 is 2.26 bits per heavy atom. The second kappa shape index (κ2) is 5.16. The van der Waals surface area contributed by atoms with E-state index in [2.05, 4.69) is 0 Å².